The predicted octanol–water partition coefficient (Wildman–Crippen LogP) is 1.64. The van der Waals surface area contributed by atoms with Crippen molar-refractivity contribution in [1.29, 1.82) is 0 Å². The molecule has 0 saturated heterocycles. The molecule has 5 N–H and O–H groups in total. The van der Waals surface area contributed by atoms with Crippen LogP contribution in [0.2, 0.25) is 0 Å². The van der Waals surface area contributed by atoms with Crippen molar-refractivity contribution < 1.29 is 9.18 Å². The van der Waals surface area contributed by atoms with E-state index in [0.29, 0.717) is 23.5 Å². The smallest absolute Gasteiger partial charge is 0.271 e. The van der Waals surface area contributed by atoms with Crippen LogP contribution in [0.5, 0.6) is 0 Å². The third-order valence-corrected chi connectivity index (χ3v) is 3.31. The lowest BCUT2D eigenvalue weighted by atomic mass is 10.1. The number of halogens is 2. The van der Waals surface area contributed by atoms with Gasteiger partial charge in [0.2, 0.25) is 0 Å². The highest BCUT2D eigenvalue weighted by atomic mass is 35.5. The average molecular weight is 317 g/mol. The number of rotatable bonds is 4. The van der Waals surface area contributed by atoms with Gasteiger partial charge < -0.3 is 16.8 Å². The Bertz CT molecular complexity index is 605. The second-order valence-electron chi connectivity index (χ2n) is 3.78. The summed E-state index contributed by atoms with van der Waals surface area (Å²) in [5.41, 5.74) is 11.7. The lowest BCUT2D eigenvalue weighted by Gasteiger charge is -2.03. The molecular weight excluding hydrogens is 303 g/mol. The number of nitrogens with two attached hydrogens (primary N) is 2. The number of anilines is 1. The first-order valence-corrected chi connectivity index (χ1v) is 6.44. The number of thiazole rings is 1. The summed E-state index contributed by atoms with van der Waals surface area (Å²) in [6, 6.07) is 5.95. The Morgan fingerprint density at radius 2 is 2.20 bits per heavy atom. The molecule has 0 spiro atoms. The lowest BCUT2D eigenvalue weighted by molar-refractivity contribution is 0.0951. The highest BCUT2D eigenvalue weighted by molar-refractivity contribution is 7.19. The molecule has 8 heteroatoms. The first-order chi connectivity index (χ1) is 9.11. The summed E-state index contributed by atoms with van der Waals surface area (Å²) in [5.74, 6) is -0.740. The Labute approximate surface area is 125 Å². The summed E-state index contributed by atoms with van der Waals surface area (Å²) in [5, 5.41) is 2.88. The number of carbonyl (C=O) groups is 1. The number of nitrogens with zero attached hydrogens (tertiary/aromatic N) is 1. The van der Waals surface area contributed by atoms with Crippen LogP contribution in [0.25, 0.3) is 10.4 Å². The van der Waals surface area contributed by atoms with E-state index in [1.54, 1.807) is 12.1 Å². The van der Waals surface area contributed by atoms with Crippen molar-refractivity contribution >= 4 is 34.8 Å². The van der Waals surface area contributed by atoms with Crippen LogP contribution in [0.1, 0.15) is 10.5 Å². The van der Waals surface area contributed by atoms with Gasteiger partial charge in [-0.15, -0.1) is 12.4 Å². The van der Waals surface area contributed by atoms with Crippen LogP contribution in [0, 0.1) is 5.82 Å². The molecule has 0 bridgehead atoms. The number of benzene rings is 1. The summed E-state index contributed by atoms with van der Waals surface area (Å²) < 4.78 is 13.2. The number of hydrogen-bond acceptors (Lipinski definition) is 5. The van der Waals surface area contributed by atoms with E-state index in [-0.39, 0.29) is 35.0 Å². The number of nitrogens with one attached hydrogen (secondary N) is 1. The molecule has 1 aromatic heterocycles. The summed E-state index contributed by atoms with van der Waals surface area (Å²) in [6.45, 7) is 0.680. The Morgan fingerprint density at radius 3 is 2.85 bits per heavy atom. The quantitative estimate of drug-likeness (QED) is 0.799. The zero-order valence-corrected chi connectivity index (χ0v) is 12.1. The second-order valence-corrected chi connectivity index (χ2v) is 4.82. The molecule has 5 nitrogen and oxygen atoms in total. The molecule has 108 valence electrons. The van der Waals surface area contributed by atoms with Gasteiger partial charge in [-0.2, -0.15) is 0 Å². The van der Waals surface area contributed by atoms with Gasteiger partial charge in [0.15, 0.2) is 5.13 Å². The van der Waals surface area contributed by atoms with Crippen molar-refractivity contribution in [3.8, 4) is 10.4 Å². The van der Waals surface area contributed by atoms with Crippen molar-refractivity contribution in [2.45, 2.75) is 0 Å². The Balaban J connectivity index is 0.00000200. The molecule has 0 unspecified atom stereocenters. The highest BCUT2D eigenvalue weighted by Crippen LogP contribution is 2.31. The fourth-order valence-electron chi connectivity index (χ4n) is 1.59. The topological polar surface area (TPSA) is 94.0 Å². The van der Waals surface area contributed by atoms with E-state index in [9.17, 15) is 9.18 Å². The first kappa shape index (κ1) is 16.4. The van der Waals surface area contributed by atoms with Crippen LogP contribution in [-0.2, 0) is 0 Å². The average Bonchev–Trinajstić information content (AvgIpc) is 2.78. The molecule has 0 aliphatic carbocycles. The Kier molecular flexibility index (Phi) is 5.87. The minimum atomic E-state index is -0.377. The Hall–Kier alpha value is -1.70. The molecule has 0 atom stereocenters. The van der Waals surface area contributed by atoms with Crippen LogP contribution >= 0.6 is 23.7 Å². The molecular formula is C12H14ClFN4OS. The largest absolute Gasteiger partial charge is 0.375 e. The van der Waals surface area contributed by atoms with Gasteiger partial charge in [0.1, 0.15) is 11.5 Å². The fraction of sp³-hybridized carbons (Fsp3) is 0.167. The zero-order valence-electron chi connectivity index (χ0n) is 10.4. The second kappa shape index (κ2) is 7.18. The molecule has 2 rings (SSSR count). The van der Waals surface area contributed by atoms with Gasteiger partial charge in [0.05, 0.1) is 4.88 Å². The number of carbonyl (C=O) groups excluding carboxylic acids is 1. The monoisotopic (exact) mass is 316 g/mol. The van der Waals surface area contributed by atoms with E-state index in [4.69, 9.17) is 11.5 Å². The molecule has 2 aromatic rings. The third kappa shape index (κ3) is 3.66. The molecule has 1 heterocycles. The Morgan fingerprint density at radius 1 is 1.45 bits per heavy atom. The number of amides is 1. The van der Waals surface area contributed by atoms with Crippen molar-refractivity contribution in [3.63, 3.8) is 0 Å². The zero-order chi connectivity index (χ0) is 13.8. The highest BCUT2D eigenvalue weighted by Gasteiger charge is 2.18. The summed E-state index contributed by atoms with van der Waals surface area (Å²) in [4.78, 5) is 16.5. The predicted molar refractivity (Wildman–Crippen MR) is 80.6 cm³/mol. The first-order valence-electron chi connectivity index (χ1n) is 5.62. The van der Waals surface area contributed by atoms with Crippen LogP contribution in [0.3, 0.4) is 0 Å². The van der Waals surface area contributed by atoms with Gasteiger partial charge in [-0.05, 0) is 17.7 Å². The van der Waals surface area contributed by atoms with Crippen LogP contribution in [0.15, 0.2) is 24.3 Å². The van der Waals surface area contributed by atoms with Gasteiger partial charge in [0.25, 0.3) is 5.91 Å². The van der Waals surface area contributed by atoms with Crippen LogP contribution < -0.4 is 16.8 Å². The molecule has 20 heavy (non-hydrogen) atoms. The molecule has 0 fully saturated rings. The summed E-state index contributed by atoms with van der Waals surface area (Å²) >= 11 is 1.15. The summed E-state index contributed by atoms with van der Waals surface area (Å²) in [7, 11) is 0. The van der Waals surface area contributed by atoms with E-state index >= 15 is 0 Å². The standard InChI is InChI=1S/C12H13FN4OS.ClH/c13-8-3-1-2-7(6-8)10-9(17-12(15)19-10)11(18)16-5-4-14;/h1-3,6H,4-5,14H2,(H2,15,17)(H,16,18);1H. The fourth-order valence-corrected chi connectivity index (χ4v) is 2.41. The van der Waals surface area contributed by atoms with Gasteiger partial charge in [-0.1, -0.05) is 23.5 Å². The SMILES string of the molecule is Cl.NCCNC(=O)c1nc(N)sc1-c1cccc(F)c1. The molecule has 0 saturated carbocycles. The molecule has 1 aromatic carbocycles. The van der Waals surface area contributed by atoms with Gasteiger partial charge in [-0.25, -0.2) is 9.37 Å². The maximum atomic E-state index is 13.2. The maximum absolute atomic E-state index is 13.2. The molecule has 1 amide bonds. The van der Waals surface area contributed by atoms with Gasteiger partial charge in [-0.3, -0.25) is 4.79 Å². The van der Waals surface area contributed by atoms with Crippen molar-refractivity contribution in [3.05, 3.63) is 35.8 Å². The summed E-state index contributed by atoms with van der Waals surface area (Å²) in [6.07, 6.45) is 0. The molecule has 0 radical (unpaired) electrons. The minimum Gasteiger partial charge on any atom is -0.375 e. The van der Waals surface area contributed by atoms with Crippen LogP contribution in [-0.4, -0.2) is 24.0 Å². The minimum absolute atomic E-state index is 0. The normalized spacial score (nSPS) is 9.90. The van der Waals surface area contributed by atoms with E-state index in [0.717, 1.165) is 11.3 Å². The number of hydrogen-bond donors (Lipinski definition) is 3. The number of nitrogen functional groups attached to an aromatic ring is 1. The third-order valence-electron chi connectivity index (χ3n) is 2.38. The van der Waals surface area contributed by atoms with Gasteiger partial charge >= 0.3 is 0 Å². The van der Waals surface area contributed by atoms with Crippen molar-refractivity contribution in [2.75, 3.05) is 18.8 Å². The molecule has 0 aliphatic heterocycles. The van der Waals surface area contributed by atoms with E-state index in [2.05, 4.69) is 10.3 Å². The van der Waals surface area contributed by atoms with Crippen molar-refractivity contribution in [2.24, 2.45) is 5.73 Å². The van der Waals surface area contributed by atoms with E-state index < -0.39 is 0 Å². The van der Waals surface area contributed by atoms with Crippen molar-refractivity contribution in [1.82, 2.24) is 10.3 Å². The maximum Gasteiger partial charge on any atom is 0.271 e. The van der Waals surface area contributed by atoms with E-state index in [1.807, 2.05) is 0 Å². The van der Waals surface area contributed by atoms with Gasteiger partial charge in [0, 0.05) is 13.1 Å². The number of aromatic nitrogens is 1. The lowest BCUT2D eigenvalue weighted by Crippen LogP contribution is -2.29. The van der Waals surface area contributed by atoms with Crippen LogP contribution in [0.4, 0.5) is 9.52 Å². The molecule has 0 aliphatic rings. The van der Waals surface area contributed by atoms with E-state index in [1.165, 1.54) is 12.1 Å².